The van der Waals surface area contributed by atoms with Crippen molar-refractivity contribution in [2.45, 2.75) is 33.7 Å². The highest BCUT2D eigenvalue weighted by Gasteiger charge is 2.08. The van der Waals surface area contributed by atoms with Crippen LogP contribution in [0.5, 0.6) is 0 Å². The molecule has 0 aromatic carbocycles. The standard InChI is InChI=1S/C11H19NO/c1-11(2,3)6-7-12-9-10-5-4-8-13-10/h4-5,8,12H,6-7,9H2,1-3H3. The summed E-state index contributed by atoms with van der Waals surface area (Å²) in [5.74, 6) is 1.01. The summed E-state index contributed by atoms with van der Waals surface area (Å²) in [7, 11) is 0. The van der Waals surface area contributed by atoms with Gasteiger partial charge in [0.15, 0.2) is 0 Å². The molecule has 1 N–H and O–H groups in total. The zero-order valence-corrected chi connectivity index (χ0v) is 8.76. The van der Waals surface area contributed by atoms with Crippen molar-refractivity contribution in [2.24, 2.45) is 5.41 Å². The van der Waals surface area contributed by atoms with E-state index in [4.69, 9.17) is 4.42 Å². The van der Waals surface area contributed by atoms with Gasteiger partial charge in [0.05, 0.1) is 12.8 Å². The Hall–Kier alpha value is -0.760. The molecular weight excluding hydrogens is 162 g/mol. The minimum absolute atomic E-state index is 0.413. The minimum Gasteiger partial charge on any atom is -0.468 e. The molecule has 0 aliphatic rings. The van der Waals surface area contributed by atoms with E-state index in [-0.39, 0.29) is 0 Å². The highest BCUT2D eigenvalue weighted by molar-refractivity contribution is 4.97. The van der Waals surface area contributed by atoms with Crippen molar-refractivity contribution in [3.63, 3.8) is 0 Å². The smallest absolute Gasteiger partial charge is 0.117 e. The van der Waals surface area contributed by atoms with Gasteiger partial charge in [-0.25, -0.2) is 0 Å². The lowest BCUT2D eigenvalue weighted by Gasteiger charge is -2.17. The maximum atomic E-state index is 5.20. The summed E-state index contributed by atoms with van der Waals surface area (Å²) < 4.78 is 5.20. The predicted octanol–water partition coefficient (Wildman–Crippen LogP) is 2.81. The maximum Gasteiger partial charge on any atom is 0.117 e. The SMILES string of the molecule is CC(C)(C)CCNCc1ccco1. The fraction of sp³-hybridized carbons (Fsp3) is 0.636. The third-order valence-electron chi connectivity index (χ3n) is 1.93. The molecule has 0 saturated heterocycles. The lowest BCUT2D eigenvalue weighted by molar-refractivity contribution is 0.361. The van der Waals surface area contributed by atoms with Crippen LogP contribution in [0.25, 0.3) is 0 Å². The molecule has 0 fully saturated rings. The molecule has 0 atom stereocenters. The molecule has 0 radical (unpaired) electrons. The van der Waals surface area contributed by atoms with Crippen molar-refractivity contribution in [3.8, 4) is 0 Å². The Kier molecular flexibility index (Phi) is 3.55. The van der Waals surface area contributed by atoms with E-state index in [1.54, 1.807) is 6.26 Å². The van der Waals surface area contributed by atoms with Crippen LogP contribution in [0, 0.1) is 5.41 Å². The van der Waals surface area contributed by atoms with Gasteiger partial charge in [0.1, 0.15) is 5.76 Å². The first-order valence-electron chi connectivity index (χ1n) is 4.81. The molecule has 0 spiro atoms. The molecule has 2 heteroatoms. The third-order valence-corrected chi connectivity index (χ3v) is 1.93. The Labute approximate surface area is 80.3 Å². The molecule has 1 aromatic rings. The van der Waals surface area contributed by atoms with Gasteiger partial charge in [0.2, 0.25) is 0 Å². The van der Waals surface area contributed by atoms with Crippen LogP contribution < -0.4 is 5.32 Å². The van der Waals surface area contributed by atoms with Gasteiger partial charge in [-0.1, -0.05) is 20.8 Å². The first-order valence-corrected chi connectivity index (χ1v) is 4.81. The van der Waals surface area contributed by atoms with Crippen LogP contribution in [0.15, 0.2) is 22.8 Å². The van der Waals surface area contributed by atoms with Crippen LogP contribution in [-0.2, 0) is 6.54 Å². The van der Waals surface area contributed by atoms with Crippen molar-refractivity contribution in [3.05, 3.63) is 24.2 Å². The Morgan fingerprint density at radius 3 is 2.69 bits per heavy atom. The molecule has 1 rings (SSSR count). The van der Waals surface area contributed by atoms with E-state index in [2.05, 4.69) is 26.1 Å². The Balaban J connectivity index is 2.09. The number of nitrogens with one attached hydrogen (secondary N) is 1. The van der Waals surface area contributed by atoms with Crippen molar-refractivity contribution in [1.82, 2.24) is 5.32 Å². The predicted molar refractivity (Wildman–Crippen MR) is 54.5 cm³/mol. The summed E-state index contributed by atoms with van der Waals surface area (Å²) in [6, 6.07) is 3.91. The van der Waals surface area contributed by atoms with Gasteiger partial charge in [-0.3, -0.25) is 0 Å². The summed E-state index contributed by atoms with van der Waals surface area (Å²) in [5, 5.41) is 3.35. The zero-order valence-electron chi connectivity index (χ0n) is 8.76. The highest BCUT2D eigenvalue weighted by atomic mass is 16.3. The molecule has 74 valence electrons. The normalized spacial score (nSPS) is 11.9. The lowest BCUT2D eigenvalue weighted by atomic mass is 9.92. The number of rotatable bonds is 4. The Morgan fingerprint density at radius 1 is 1.38 bits per heavy atom. The van der Waals surface area contributed by atoms with Crippen molar-refractivity contribution >= 4 is 0 Å². The average Bonchev–Trinajstić information content (AvgIpc) is 2.48. The number of furan rings is 1. The van der Waals surface area contributed by atoms with Gasteiger partial charge < -0.3 is 9.73 Å². The van der Waals surface area contributed by atoms with Crippen molar-refractivity contribution in [1.29, 1.82) is 0 Å². The molecule has 0 amide bonds. The molecule has 1 heterocycles. The Morgan fingerprint density at radius 2 is 2.15 bits per heavy atom. The van der Waals surface area contributed by atoms with E-state index >= 15 is 0 Å². The van der Waals surface area contributed by atoms with Gasteiger partial charge in [-0.15, -0.1) is 0 Å². The van der Waals surface area contributed by atoms with Crippen LogP contribution in [0.1, 0.15) is 33.0 Å². The first-order chi connectivity index (χ1) is 6.08. The van der Waals surface area contributed by atoms with E-state index in [1.807, 2.05) is 12.1 Å². The zero-order chi connectivity index (χ0) is 9.73. The summed E-state index contributed by atoms with van der Waals surface area (Å²) >= 11 is 0. The lowest BCUT2D eigenvalue weighted by Crippen LogP contribution is -2.19. The summed E-state index contributed by atoms with van der Waals surface area (Å²) in [4.78, 5) is 0. The number of hydrogen-bond acceptors (Lipinski definition) is 2. The molecular formula is C11H19NO. The summed E-state index contributed by atoms with van der Waals surface area (Å²) in [5.41, 5.74) is 0.413. The quantitative estimate of drug-likeness (QED) is 0.722. The molecule has 0 aliphatic heterocycles. The molecule has 0 saturated carbocycles. The second kappa shape index (κ2) is 4.47. The molecule has 0 bridgehead atoms. The first kappa shape index (κ1) is 10.3. The van der Waals surface area contributed by atoms with Gasteiger partial charge in [-0.05, 0) is 30.5 Å². The fourth-order valence-electron chi connectivity index (χ4n) is 1.09. The van der Waals surface area contributed by atoms with Crippen molar-refractivity contribution in [2.75, 3.05) is 6.54 Å². The fourth-order valence-corrected chi connectivity index (χ4v) is 1.09. The van der Waals surface area contributed by atoms with Crippen LogP contribution >= 0.6 is 0 Å². The van der Waals surface area contributed by atoms with E-state index in [1.165, 1.54) is 6.42 Å². The van der Waals surface area contributed by atoms with Gasteiger partial charge in [0, 0.05) is 0 Å². The molecule has 2 nitrogen and oxygen atoms in total. The topological polar surface area (TPSA) is 25.2 Å². The van der Waals surface area contributed by atoms with Crippen LogP contribution in [-0.4, -0.2) is 6.54 Å². The number of hydrogen-bond donors (Lipinski definition) is 1. The highest BCUT2D eigenvalue weighted by Crippen LogP contribution is 2.16. The Bertz CT molecular complexity index is 221. The van der Waals surface area contributed by atoms with Crippen LogP contribution in [0.4, 0.5) is 0 Å². The van der Waals surface area contributed by atoms with E-state index < -0.39 is 0 Å². The average molecular weight is 181 g/mol. The summed E-state index contributed by atoms with van der Waals surface area (Å²) in [6.07, 6.45) is 2.90. The largest absolute Gasteiger partial charge is 0.468 e. The van der Waals surface area contributed by atoms with Crippen LogP contribution in [0.3, 0.4) is 0 Å². The molecule has 1 aromatic heterocycles. The molecule has 0 aliphatic carbocycles. The molecule has 13 heavy (non-hydrogen) atoms. The summed E-state index contributed by atoms with van der Waals surface area (Å²) in [6.45, 7) is 8.64. The second-order valence-electron chi connectivity index (χ2n) is 4.57. The van der Waals surface area contributed by atoms with E-state index in [0.29, 0.717) is 5.41 Å². The van der Waals surface area contributed by atoms with Gasteiger partial charge in [0.25, 0.3) is 0 Å². The van der Waals surface area contributed by atoms with E-state index in [0.717, 1.165) is 18.8 Å². The van der Waals surface area contributed by atoms with Gasteiger partial charge in [-0.2, -0.15) is 0 Å². The molecule has 0 unspecified atom stereocenters. The monoisotopic (exact) mass is 181 g/mol. The second-order valence-corrected chi connectivity index (χ2v) is 4.57. The minimum atomic E-state index is 0.413. The van der Waals surface area contributed by atoms with E-state index in [9.17, 15) is 0 Å². The third kappa shape index (κ3) is 4.73. The van der Waals surface area contributed by atoms with Crippen LogP contribution in [0.2, 0.25) is 0 Å². The van der Waals surface area contributed by atoms with Gasteiger partial charge >= 0.3 is 0 Å². The van der Waals surface area contributed by atoms with Crippen molar-refractivity contribution < 1.29 is 4.42 Å². The maximum absolute atomic E-state index is 5.20.